The highest BCUT2D eigenvalue weighted by molar-refractivity contribution is 7.99. The predicted octanol–water partition coefficient (Wildman–Crippen LogP) is 2.88. The number of aromatic nitrogens is 4. The molecule has 0 amide bonds. The molecule has 5 nitrogen and oxygen atoms in total. The van der Waals surface area contributed by atoms with E-state index in [1.807, 2.05) is 0 Å². The number of pyridine rings is 1. The van der Waals surface area contributed by atoms with Crippen LogP contribution in [0.1, 0.15) is 5.69 Å². The first-order valence-electron chi connectivity index (χ1n) is 5.74. The minimum atomic E-state index is -4.50. The Morgan fingerprint density at radius 2 is 2.05 bits per heavy atom. The number of nitrogens with two attached hydrogens (primary N) is 1. The fourth-order valence-corrected chi connectivity index (χ4v) is 2.58. The molecule has 3 rings (SSSR count). The first-order chi connectivity index (χ1) is 9.95. The van der Waals surface area contributed by atoms with E-state index >= 15 is 0 Å². The Morgan fingerprint density at radius 3 is 2.76 bits per heavy atom. The first kappa shape index (κ1) is 13.7. The van der Waals surface area contributed by atoms with Gasteiger partial charge in [-0.05, 0) is 12.1 Å². The third-order valence-corrected chi connectivity index (χ3v) is 3.76. The molecule has 3 aromatic heterocycles. The van der Waals surface area contributed by atoms with Gasteiger partial charge in [-0.25, -0.2) is 9.50 Å². The molecule has 0 aliphatic carbocycles. The summed E-state index contributed by atoms with van der Waals surface area (Å²) in [6, 6.07) is 2.64. The molecule has 0 atom stereocenters. The van der Waals surface area contributed by atoms with Gasteiger partial charge in [0.25, 0.3) is 0 Å². The number of halogens is 3. The molecule has 0 aliphatic rings. The van der Waals surface area contributed by atoms with E-state index in [9.17, 15) is 13.2 Å². The minimum absolute atomic E-state index is 0.269. The summed E-state index contributed by atoms with van der Waals surface area (Å²) in [6.07, 6.45) is 1.28. The lowest BCUT2D eigenvalue weighted by Gasteiger charge is -2.04. The average Bonchev–Trinajstić information content (AvgIpc) is 2.86. The van der Waals surface area contributed by atoms with Gasteiger partial charge >= 0.3 is 6.18 Å². The van der Waals surface area contributed by atoms with E-state index in [0.29, 0.717) is 15.6 Å². The van der Waals surface area contributed by atoms with Gasteiger partial charge in [-0.2, -0.15) is 18.3 Å². The molecule has 0 radical (unpaired) electrons. The Morgan fingerprint density at radius 1 is 1.24 bits per heavy atom. The molecule has 2 N–H and O–H groups in total. The van der Waals surface area contributed by atoms with Crippen LogP contribution >= 0.6 is 11.8 Å². The van der Waals surface area contributed by atoms with Crippen molar-refractivity contribution in [2.24, 2.45) is 0 Å². The summed E-state index contributed by atoms with van der Waals surface area (Å²) in [5.74, 6) is 0. The van der Waals surface area contributed by atoms with Crippen molar-refractivity contribution in [2.45, 2.75) is 16.1 Å². The van der Waals surface area contributed by atoms with Gasteiger partial charge in [-0.15, -0.1) is 0 Å². The van der Waals surface area contributed by atoms with Gasteiger partial charge in [0.05, 0.1) is 17.4 Å². The lowest BCUT2D eigenvalue weighted by atomic mass is 10.4. The summed E-state index contributed by atoms with van der Waals surface area (Å²) in [7, 11) is 0. The fraction of sp³-hybridized carbons (Fsp3) is 0.0833. The number of anilines is 1. The second-order valence-corrected chi connectivity index (χ2v) is 5.14. The van der Waals surface area contributed by atoms with Gasteiger partial charge in [0.15, 0.2) is 5.69 Å². The predicted molar refractivity (Wildman–Crippen MR) is 70.8 cm³/mol. The Balaban J connectivity index is 2.07. The number of rotatable bonds is 2. The molecule has 0 saturated heterocycles. The van der Waals surface area contributed by atoms with E-state index < -0.39 is 11.9 Å². The van der Waals surface area contributed by atoms with Crippen molar-refractivity contribution in [1.29, 1.82) is 0 Å². The van der Waals surface area contributed by atoms with Crippen molar-refractivity contribution in [3.63, 3.8) is 0 Å². The summed E-state index contributed by atoms with van der Waals surface area (Å²) in [5.41, 5.74) is 5.52. The van der Waals surface area contributed by atoms with E-state index in [2.05, 4.69) is 15.1 Å². The van der Waals surface area contributed by atoms with Crippen molar-refractivity contribution in [3.05, 3.63) is 42.6 Å². The zero-order valence-electron chi connectivity index (χ0n) is 10.4. The van der Waals surface area contributed by atoms with Crippen molar-refractivity contribution in [3.8, 4) is 0 Å². The SMILES string of the molecule is Nc1cnccc1Sc1nccn2nc(C(F)(F)F)cc12. The maximum atomic E-state index is 12.7. The number of alkyl halides is 3. The third kappa shape index (κ3) is 2.64. The standard InChI is InChI=1S/C12H8F3N5S/c13-12(14,15)10-5-8-11(18-3-4-20(8)19-10)21-9-1-2-17-6-7(9)16/h1-6H,16H2. The smallest absolute Gasteiger partial charge is 0.397 e. The highest BCUT2D eigenvalue weighted by Crippen LogP contribution is 2.35. The lowest BCUT2D eigenvalue weighted by Crippen LogP contribution is -2.05. The van der Waals surface area contributed by atoms with Gasteiger partial charge in [0.1, 0.15) is 5.03 Å². The second-order valence-electron chi connectivity index (χ2n) is 4.11. The van der Waals surface area contributed by atoms with Crippen LogP contribution in [0, 0.1) is 0 Å². The van der Waals surface area contributed by atoms with Crippen LogP contribution in [0.3, 0.4) is 0 Å². The molecule has 0 aromatic carbocycles. The summed E-state index contributed by atoms with van der Waals surface area (Å²) in [4.78, 5) is 8.62. The van der Waals surface area contributed by atoms with E-state index in [4.69, 9.17) is 5.73 Å². The number of nitrogen functional groups attached to an aromatic ring is 1. The third-order valence-electron chi connectivity index (χ3n) is 2.66. The van der Waals surface area contributed by atoms with Gasteiger partial charge in [0.2, 0.25) is 0 Å². The van der Waals surface area contributed by atoms with E-state index in [0.717, 1.165) is 22.3 Å². The molecule has 3 aromatic rings. The number of hydrogen-bond donors (Lipinski definition) is 1. The molecule has 3 heterocycles. The van der Waals surface area contributed by atoms with Crippen molar-refractivity contribution < 1.29 is 13.2 Å². The summed E-state index contributed by atoms with van der Waals surface area (Å²) in [5, 5.41) is 3.89. The number of fused-ring (bicyclic) bond motifs is 1. The van der Waals surface area contributed by atoms with Gasteiger partial charge in [0, 0.05) is 23.5 Å². The number of nitrogens with zero attached hydrogens (tertiary/aromatic N) is 4. The van der Waals surface area contributed by atoms with Crippen molar-refractivity contribution >= 4 is 23.0 Å². The number of hydrogen-bond acceptors (Lipinski definition) is 5. The zero-order valence-corrected chi connectivity index (χ0v) is 11.2. The van der Waals surface area contributed by atoms with Gasteiger partial charge in [-0.1, -0.05) is 11.8 Å². The Hall–Kier alpha value is -2.29. The monoisotopic (exact) mass is 311 g/mol. The fourth-order valence-electron chi connectivity index (χ4n) is 1.71. The lowest BCUT2D eigenvalue weighted by molar-refractivity contribution is -0.141. The molecule has 0 bridgehead atoms. The largest absolute Gasteiger partial charge is 0.435 e. The zero-order chi connectivity index (χ0) is 15.0. The maximum absolute atomic E-state index is 12.7. The summed E-state index contributed by atoms with van der Waals surface area (Å²) < 4.78 is 39.3. The van der Waals surface area contributed by atoms with Crippen LogP contribution < -0.4 is 5.73 Å². The Bertz CT molecular complexity index is 799. The highest BCUT2D eigenvalue weighted by Gasteiger charge is 2.34. The molecule has 9 heteroatoms. The summed E-state index contributed by atoms with van der Waals surface area (Å²) in [6.45, 7) is 0. The first-order valence-corrected chi connectivity index (χ1v) is 6.56. The van der Waals surface area contributed by atoms with Gasteiger partial charge in [-0.3, -0.25) is 4.98 Å². The van der Waals surface area contributed by atoms with Crippen molar-refractivity contribution in [1.82, 2.24) is 19.6 Å². The van der Waals surface area contributed by atoms with Crippen LogP contribution in [-0.4, -0.2) is 19.6 Å². The van der Waals surface area contributed by atoms with Crippen LogP contribution in [0.5, 0.6) is 0 Å². The Kier molecular flexibility index (Phi) is 3.20. The molecular formula is C12H8F3N5S. The van der Waals surface area contributed by atoms with Crippen LogP contribution in [0.15, 0.2) is 46.8 Å². The quantitative estimate of drug-likeness (QED) is 0.788. The molecule has 0 fully saturated rings. The summed E-state index contributed by atoms with van der Waals surface area (Å²) >= 11 is 1.16. The molecule has 0 unspecified atom stereocenters. The molecule has 21 heavy (non-hydrogen) atoms. The second kappa shape index (κ2) is 4.92. The Labute approximate surface area is 121 Å². The normalized spacial score (nSPS) is 12.0. The molecular weight excluding hydrogens is 303 g/mol. The highest BCUT2D eigenvalue weighted by atomic mass is 32.2. The molecule has 108 valence electrons. The molecule has 0 spiro atoms. The van der Waals surface area contributed by atoms with Gasteiger partial charge < -0.3 is 5.73 Å². The molecule has 0 aliphatic heterocycles. The molecule has 0 saturated carbocycles. The van der Waals surface area contributed by atoms with E-state index in [1.165, 1.54) is 18.6 Å². The van der Waals surface area contributed by atoms with Crippen LogP contribution in [0.4, 0.5) is 18.9 Å². The average molecular weight is 311 g/mol. The van der Waals surface area contributed by atoms with Crippen molar-refractivity contribution in [2.75, 3.05) is 5.73 Å². The van der Waals surface area contributed by atoms with E-state index in [1.54, 1.807) is 12.3 Å². The minimum Gasteiger partial charge on any atom is -0.397 e. The van der Waals surface area contributed by atoms with Crippen LogP contribution in [-0.2, 0) is 6.18 Å². The van der Waals surface area contributed by atoms with E-state index in [-0.39, 0.29) is 5.52 Å². The van der Waals surface area contributed by atoms with Crippen LogP contribution in [0.2, 0.25) is 0 Å². The maximum Gasteiger partial charge on any atom is 0.435 e. The van der Waals surface area contributed by atoms with Crippen LogP contribution in [0.25, 0.3) is 5.52 Å². The topological polar surface area (TPSA) is 69.1 Å².